The van der Waals surface area contributed by atoms with E-state index in [1.807, 2.05) is 29.2 Å². The predicted molar refractivity (Wildman–Crippen MR) is 157 cm³/mol. The first kappa shape index (κ1) is 28.8. The van der Waals surface area contributed by atoms with Crippen molar-refractivity contribution in [3.8, 4) is 0 Å². The summed E-state index contributed by atoms with van der Waals surface area (Å²) in [6, 6.07) is 13.4. The Labute approximate surface area is 241 Å². The molecule has 1 aliphatic carbocycles. The van der Waals surface area contributed by atoms with Gasteiger partial charge in [0, 0.05) is 11.1 Å². The molecule has 0 saturated heterocycles. The summed E-state index contributed by atoms with van der Waals surface area (Å²) in [6.07, 6.45) is 4.37. The first-order valence-corrected chi connectivity index (χ1v) is 14.6. The van der Waals surface area contributed by atoms with E-state index in [1.54, 1.807) is 12.1 Å². The topological polar surface area (TPSA) is 98.9 Å². The Balaban J connectivity index is 1.48. The van der Waals surface area contributed by atoms with Crippen LogP contribution in [-0.2, 0) is 4.79 Å². The third-order valence-electron chi connectivity index (χ3n) is 8.26. The van der Waals surface area contributed by atoms with E-state index < -0.39 is 5.66 Å². The third-order valence-corrected chi connectivity index (χ3v) is 8.26. The lowest BCUT2D eigenvalue weighted by molar-refractivity contribution is -0.134. The number of nitrogens with one attached hydrogen (secondary N) is 1. The highest BCUT2D eigenvalue weighted by molar-refractivity contribution is 6.46. The highest BCUT2D eigenvalue weighted by atomic mass is 19.1. The van der Waals surface area contributed by atoms with E-state index in [2.05, 4.69) is 48.2 Å². The molecule has 216 valence electrons. The molecule has 2 aromatic rings. The van der Waals surface area contributed by atoms with Crippen molar-refractivity contribution in [1.29, 1.82) is 0 Å². The molecular formula is C32H39FN6O2. The second-order valence-electron chi connectivity index (χ2n) is 12.2. The van der Waals surface area contributed by atoms with Gasteiger partial charge in [0.2, 0.25) is 0 Å². The van der Waals surface area contributed by atoms with Crippen molar-refractivity contribution >= 4 is 23.4 Å². The fourth-order valence-corrected chi connectivity index (χ4v) is 6.58. The number of rotatable bonds is 9. The number of carbonyl (C=O) groups excluding carboxylic acids is 2. The minimum Gasteiger partial charge on any atom is -0.345 e. The van der Waals surface area contributed by atoms with Gasteiger partial charge >= 0.3 is 0 Å². The van der Waals surface area contributed by atoms with Gasteiger partial charge in [-0.05, 0) is 91.8 Å². The lowest BCUT2D eigenvalue weighted by atomic mass is 9.75. The van der Waals surface area contributed by atoms with Gasteiger partial charge in [0.1, 0.15) is 17.2 Å². The number of nitrogens with zero attached hydrogens (tertiary/aromatic N) is 5. The maximum absolute atomic E-state index is 14.3. The number of amides is 2. The monoisotopic (exact) mass is 558 g/mol. The Morgan fingerprint density at radius 1 is 1.05 bits per heavy atom. The van der Waals surface area contributed by atoms with Crippen molar-refractivity contribution in [2.75, 3.05) is 13.2 Å². The van der Waals surface area contributed by atoms with Gasteiger partial charge in [0.25, 0.3) is 11.8 Å². The van der Waals surface area contributed by atoms with Crippen LogP contribution in [0.3, 0.4) is 0 Å². The Bertz CT molecular complexity index is 1360. The molecule has 5 rings (SSSR count). The lowest BCUT2D eigenvalue weighted by Crippen LogP contribution is -2.52. The maximum atomic E-state index is 14.3. The molecule has 9 heteroatoms. The summed E-state index contributed by atoms with van der Waals surface area (Å²) in [4.78, 5) is 38.5. The summed E-state index contributed by atoms with van der Waals surface area (Å²) in [5, 5.41) is 10.6. The molecular weight excluding hydrogens is 519 g/mol. The third kappa shape index (κ3) is 6.29. The minimum absolute atomic E-state index is 0.111. The predicted octanol–water partition coefficient (Wildman–Crippen LogP) is 6.34. The zero-order valence-corrected chi connectivity index (χ0v) is 24.3. The van der Waals surface area contributed by atoms with Gasteiger partial charge in [0.05, 0.1) is 12.6 Å². The molecule has 2 amide bonds. The van der Waals surface area contributed by atoms with Crippen molar-refractivity contribution in [2.45, 2.75) is 71.5 Å². The van der Waals surface area contributed by atoms with Gasteiger partial charge in [-0.2, -0.15) is 5.11 Å². The maximum Gasteiger partial charge on any atom is 0.275 e. The summed E-state index contributed by atoms with van der Waals surface area (Å²) in [5.74, 6) is 1.11. The summed E-state index contributed by atoms with van der Waals surface area (Å²) < 4.78 is 13.8. The van der Waals surface area contributed by atoms with Crippen molar-refractivity contribution in [3.63, 3.8) is 0 Å². The van der Waals surface area contributed by atoms with Crippen LogP contribution >= 0.6 is 0 Å². The molecule has 8 nitrogen and oxygen atoms in total. The Kier molecular flexibility index (Phi) is 8.42. The van der Waals surface area contributed by atoms with Gasteiger partial charge in [-0.1, -0.05) is 39.8 Å². The van der Waals surface area contributed by atoms with Crippen molar-refractivity contribution in [3.05, 3.63) is 71.0 Å². The Morgan fingerprint density at radius 3 is 2.34 bits per heavy atom. The van der Waals surface area contributed by atoms with E-state index in [0.717, 1.165) is 37.7 Å². The van der Waals surface area contributed by atoms with E-state index in [0.29, 0.717) is 47.1 Å². The average Bonchev–Trinajstić information content (AvgIpc) is 3.54. The average molecular weight is 559 g/mol. The van der Waals surface area contributed by atoms with Crippen LogP contribution in [0, 0.1) is 23.6 Å². The molecule has 1 saturated carbocycles. The molecule has 41 heavy (non-hydrogen) atoms. The summed E-state index contributed by atoms with van der Waals surface area (Å²) >= 11 is 0. The number of aliphatic imine (C=N–C) groups is 2. The minimum atomic E-state index is -0.661. The van der Waals surface area contributed by atoms with E-state index in [1.165, 1.54) is 12.1 Å². The van der Waals surface area contributed by atoms with Gasteiger partial charge in [-0.3, -0.25) is 14.6 Å². The van der Waals surface area contributed by atoms with Crippen LogP contribution in [0.15, 0.2) is 68.7 Å². The molecule has 0 bridgehead atoms. The van der Waals surface area contributed by atoms with E-state index in [-0.39, 0.29) is 30.2 Å². The molecule has 1 spiro atoms. The first-order chi connectivity index (χ1) is 19.6. The number of halogens is 1. The van der Waals surface area contributed by atoms with Crippen LogP contribution in [0.25, 0.3) is 0 Å². The number of hydrogen-bond acceptors (Lipinski definition) is 6. The molecule has 2 aliphatic heterocycles. The summed E-state index contributed by atoms with van der Waals surface area (Å²) in [7, 11) is 0. The zero-order valence-electron chi connectivity index (χ0n) is 24.3. The van der Waals surface area contributed by atoms with Crippen molar-refractivity contribution in [2.24, 2.45) is 38.0 Å². The van der Waals surface area contributed by atoms with E-state index in [4.69, 9.17) is 4.99 Å². The number of amidine groups is 1. The van der Waals surface area contributed by atoms with Crippen LogP contribution in [-0.4, -0.2) is 47.1 Å². The molecule has 3 atom stereocenters. The molecule has 1 N–H and O–H groups in total. The number of carbonyl (C=O) groups is 2. The number of azo groups is 1. The molecule has 0 radical (unpaired) electrons. The van der Waals surface area contributed by atoms with Crippen LogP contribution in [0.5, 0.6) is 0 Å². The molecule has 2 heterocycles. The number of benzene rings is 2. The van der Waals surface area contributed by atoms with Gasteiger partial charge in [-0.15, -0.1) is 5.11 Å². The fraction of sp³-hybridized carbons (Fsp3) is 0.500. The molecule has 3 aliphatic rings. The van der Waals surface area contributed by atoms with E-state index >= 15 is 0 Å². The van der Waals surface area contributed by atoms with Gasteiger partial charge in [-0.25, -0.2) is 9.38 Å². The molecule has 2 unspecified atom stereocenters. The van der Waals surface area contributed by atoms with Crippen LogP contribution in [0.1, 0.15) is 87.3 Å². The van der Waals surface area contributed by atoms with Gasteiger partial charge < -0.3 is 10.2 Å². The fourth-order valence-electron chi connectivity index (χ4n) is 6.58. The van der Waals surface area contributed by atoms with Crippen molar-refractivity contribution < 1.29 is 14.0 Å². The Morgan fingerprint density at radius 2 is 1.73 bits per heavy atom. The smallest absolute Gasteiger partial charge is 0.275 e. The van der Waals surface area contributed by atoms with Gasteiger partial charge in [0.15, 0.2) is 12.5 Å². The largest absolute Gasteiger partial charge is 0.345 e. The number of hydrogen-bond donors (Lipinski definition) is 1. The van der Waals surface area contributed by atoms with E-state index in [9.17, 15) is 14.0 Å². The molecule has 1 fully saturated rings. The Hall–Kier alpha value is -3.75. The summed E-state index contributed by atoms with van der Waals surface area (Å²) in [5.41, 5.74) is 1.89. The first-order valence-electron chi connectivity index (χ1n) is 14.6. The van der Waals surface area contributed by atoms with Crippen molar-refractivity contribution in [1.82, 2.24) is 10.2 Å². The van der Waals surface area contributed by atoms with Crippen LogP contribution in [0.4, 0.5) is 4.39 Å². The normalized spacial score (nSPS) is 24.6. The molecule has 0 aromatic heterocycles. The highest BCUT2D eigenvalue weighted by Crippen LogP contribution is 2.48. The standard InChI is InChI=1S/C32H39FN6O2/c1-20(2)5-14-27(23-6-8-25(9-7-23)30(40)34-18-28-35-19-36-38-28)39-31(41)29(24-10-12-26(33)13-11-24)37-32(39)16-21(3)15-22(4)17-32/h6-13,20-22,27H,5,14-19H2,1-4H3,(H,34,40)/t21?,22?,27-,32?/m1/s1. The SMILES string of the molecule is CC(C)CC[C@H](c1ccc(C(=O)NCC2=NCN=N2)cc1)N1C(=O)C(c2ccc(F)cc2)=NC12CC(C)CC(C)C2. The highest BCUT2D eigenvalue weighted by Gasteiger charge is 2.53. The lowest BCUT2D eigenvalue weighted by Gasteiger charge is -2.47. The zero-order chi connectivity index (χ0) is 29.1. The quantitative estimate of drug-likeness (QED) is 0.389. The second-order valence-corrected chi connectivity index (χ2v) is 12.2. The summed E-state index contributed by atoms with van der Waals surface area (Å²) in [6.45, 7) is 9.38. The van der Waals surface area contributed by atoms with Crippen LogP contribution in [0.2, 0.25) is 0 Å². The molecule has 2 aromatic carbocycles. The second kappa shape index (κ2) is 12.0. The van der Waals surface area contributed by atoms with Crippen LogP contribution < -0.4 is 5.32 Å².